The van der Waals surface area contributed by atoms with Gasteiger partial charge in [-0.05, 0) is 186 Å². The highest BCUT2D eigenvalue weighted by Gasteiger charge is 2.60. The van der Waals surface area contributed by atoms with Crippen LogP contribution in [0.15, 0.2) is 36.4 Å². The average Bonchev–Trinajstić information content (AvgIpc) is 3.86. The molecule has 0 unspecified atom stereocenters. The van der Waals surface area contributed by atoms with Crippen molar-refractivity contribution in [3.8, 4) is 11.5 Å². The van der Waals surface area contributed by atoms with Crippen LogP contribution in [0.25, 0.3) is 0 Å². The molecule has 5 aliphatic heterocycles. The summed E-state index contributed by atoms with van der Waals surface area (Å²) in [5.74, 6) is -1.94. The molecule has 5 aliphatic rings. The lowest BCUT2D eigenvalue weighted by Gasteiger charge is -2.32. The Bertz CT molecular complexity index is 2340. The van der Waals surface area contributed by atoms with Crippen molar-refractivity contribution in [3.05, 3.63) is 59.4 Å². The Morgan fingerprint density at radius 2 is 0.581 bits per heavy atom. The van der Waals surface area contributed by atoms with Gasteiger partial charge in [-0.3, -0.25) is 0 Å². The minimum atomic E-state index is -1.45. The summed E-state index contributed by atoms with van der Waals surface area (Å²) < 4.78 is 119. The van der Waals surface area contributed by atoms with Crippen molar-refractivity contribution in [1.82, 2.24) is 0 Å². The summed E-state index contributed by atoms with van der Waals surface area (Å²) in [6, 6.07) is 12.1. The van der Waals surface area contributed by atoms with Crippen molar-refractivity contribution >= 4 is 68.6 Å². The number of anilines is 1. The molecular weight excluding hydrogens is 954 g/mol. The van der Waals surface area contributed by atoms with Gasteiger partial charge in [-0.1, -0.05) is 6.07 Å². The van der Waals surface area contributed by atoms with Crippen LogP contribution in [0.4, 0.5) is 18.9 Å². The number of rotatable bonds is 8. The molecular formula is C53H81B5F3NO12. The highest BCUT2D eigenvalue weighted by molar-refractivity contribution is 6.70. The second kappa shape index (κ2) is 19.9. The fraction of sp³-hybridized carbons (Fsp3) is 0.660. The second-order valence-corrected chi connectivity index (χ2v) is 25.3. The highest BCUT2D eigenvalue weighted by Crippen LogP contribution is 2.42. The molecule has 0 aliphatic carbocycles. The van der Waals surface area contributed by atoms with E-state index in [1.807, 2.05) is 50.2 Å². The zero-order valence-corrected chi connectivity index (χ0v) is 48.8. The van der Waals surface area contributed by atoms with Crippen molar-refractivity contribution in [2.45, 2.75) is 201 Å². The number of hydrogen-bond donors (Lipinski definition) is 0. The van der Waals surface area contributed by atoms with Gasteiger partial charge in [0.05, 0.1) is 86.6 Å². The number of methoxy groups -OCH3 is 2. The van der Waals surface area contributed by atoms with Gasteiger partial charge in [-0.2, -0.15) is 0 Å². The minimum absolute atomic E-state index is 0.311. The van der Waals surface area contributed by atoms with Gasteiger partial charge >= 0.3 is 35.6 Å². The molecule has 3 aromatic rings. The molecule has 5 fully saturated rings. The van der Waals surface area contributed by atoms with Crippen LogP contribution in [0.3, 0.4) is 0 Å². The lowest BCUT2D eigenvalue weighted by Crippen LogP contribution is -2.56. The average molecular weight is 1040 g/mol. The Balaban J connectivity index is 0.000000198. The van der Waals surface area contributed by atoms with E-state index in [9.17, 15) is 0 Å². The van der Waals surface area contributed by atoms with Gasteiger partial charge in [0, 0.05) is 25.8 Å². The van der Waals surface area contributed by atoms with E-state index in [4.69, 9.17) is 56.0 Å². The van der Waals surface area contributed by atoms with E-state index < -0.39 is 88.8 Å². The summed E-state index contributed by atoms with van der Waals surface area (Å²) in [5.41, 5.74) is -4.18. The first-order chi connectivity index (χ1) is 33.5. The Morgan fingerprint density at radius 3 is 0.824 bits per heavy atom. The van der Waals surface area contributed by atoms with Gasteiger partial charge in [-0.15, -0.1) is 0 Å². The minimum Gasteiger partial charge on any atom is -0.497 e. The van der Waals surface area contributed by atoms with E-state index in [0.29, 0.717) is 0 Å². The Morgan fingerprint density at radius 1 is 0.351 bits per heavy atom. The number of aryl methyl sites for hydroxylation is 1. The third-order valence-corrected chi connectivity index (χ3v) is 16.9. The van der Waals surface area contributed by atoms with E-state index >= 15 is 13.2 Å². The molecule has 0 saturated carbocycles. The van der Waals surface area contributed by atoms with E-state index in [2.05, 4.69) is 67.5 Å². The quantitative estimate of drug-likeness (QED) is 0.210. The molecule has 13 nitrogen and oxygen atoms in total. The van der Waals surface area contributed by atoms with Crippen LogP contribution in [0.5, 0.6) is 11.5 Å². The molecule has 0 aromatic heterocycles. The van der Waals surface area contributed by atoms with Gasteiger partial charge in [0.25, 0.3) is 0 Å². The normalized spacial score (nSPS) is 23.8. The molecule has 0 N–H and O–H groups in total. The maximum Gasteiger partial charge on any atom is 0.500 e. The molecule has 74 heavy (non-hydrogen) atoms. The molecule has 0 amide bonds. The molecule has 5 heterocycles. The maximum atomic E-state index is 16.2. The first-order valence-corrected chi connectivity index (χ1v) is 25.5. The molecule has 8 rings (SSSR count). The standard InChI is InChI=1S/C24H36B3F3O6.C15H24BNO3.C14H21BO3/c1-19(2)20(3,4)32-25(31-19)13-16(28)14(26-33-21(5,6)22(7,8)34-26)18(30)15(17(13)29)27-35-23(9,10)24(11,12)36-27;1-14(2)15(3,4)20-16(19-14)11-8-12(17(5)6)10-13(9-11)18-7;1-10-7-11(9-12(8-10)16-6)15-17-13(2,3)14(4,5)18-15/h1-12H3;8-10H,1-7H3;7-9H,1-6H3. The molecule has 21 heteroatoms. The third-order valence-electron chi connectivity index (χ3n) is 16.9. The fourth-order valence-corrected chi connectivity index (χ4v) is 8.33. The number of ether oxygens (including phenoxy) is 2. The smallest absolute Gasteiger partial charge is 0.497 e. The molecule has 3 aromatic carbocycles. The topological polar surface area (TPSA) is 114 Å². The molecule has 406 valence electrons. The van der Waals surface area contributed by atoms with Crippen molar-refractivity contribution in [3.63, 3.8) is 0 Å². The predicted molar refractivity (Wildman–Crippen MR) is 290 cm³/mol. The molecule has 0 radical (unpaired) electrons. The van der Waals surface area contributed by atoms with Crippen LogP contribution in [0.1, 0.15) is 144 Å². The number of halogens is 3. The van der Waals surface area contributed by atoms with Crippen LogP contribution in [-0.2, 0) is 46.5 Å². The van der Waals surface area contributed by atoms with Gasteiger partial charge in [0.1, 0.15) is 29.0 Å². The summed E-state index contributed by atoms with van der Waals surface area (Å²) >= 11 is 0. The predicted octanol–water partition coefficient (Wildman–Crippen LogP) is 7.36. The van der Waals surface area contributed by atoms with Gasteiger partial charge in [0.2, 0.25) is 0 Å². The summed E-state index contributed by atoms with van der Waals surface area (Å²) in [6.07, 6.45) is 0. The summed E-state index contributed by atoms with van der Waals surface area (Å²) in [7, 11) is 2.31. The lowest BCUT2D eigenvalue weighted by atomic mass is 9.64. The monoisotopic (exact) mass is 1040 g/mol. The van der Waals surface area contributed by atoms with Crippen molar-refractivity contribution in [2.75, 3.05) is 33.2 Å². The van der Waals surface area contributed by atoms with E-state index in [1.165, 1.54) is 0 Å². The largest absolute Gasteiger partial charge is 0.500 e. The Kier molecular flexibility index (Phi) is 16.1. The van der Waals surface area contributed by atoms with E-state index in [0.717, 1.165) is 33.7 Å². The molecule has 0 spiro atoms. The van der Waals surface area contributed by atoms with Crippen molar-refractivity contribution < 1.29 is 69.2 Å². The number of benzene rings is 3. The maximum absolute atomic E-state index is 16.2. The van der Waals surface area contributed by atoms with Crippen LogP contribution in [-0.4, -0.2) is 120 Å². The number of hydrogen-bond acceptors (Lipinski definition) is 13. The summed E-state index contributed by atoms with van der Waals surface area (Å²) in [4.78, 5) is 2.04. The zero-order chi connectivity index (χ0) is 56.1. The van der Waals surface area contributed by atoms with Gasteiger partial charge < -0.3 is 60.9 Å². The van der Waals surface area contributed by atoms with E-state index in [1.54, 1.807) is 97.3 Å². The van der Waals surface area contributed by atoms with Crippen molar-refractivity contribution in [1.29, 1.82) is 0 Å². The van der Waals surface area contributed by atoms with Crippen LogP contribution < -0.4 is 41.7 Å². The second-order valence-electron chi connectivity index (χ2n) is 25.3. The molecule has 5 saturated heterocycles. The molecule has 0 atom stereocenters. The van der Waals surface area contributed by atoms with Gasteiger partial charge in [-0.25, -0.2) is 13.2 Å². The Hall–Kier alpha value is -3.23. The lowest BCUT2D eigenvalue weighted by molar-refractivity contribution is 0.00578. The van der Waals surface area contributed by atoms with Crippen molar-refractivity contribution in [2.24, 2.45) is 0 Å². The number of nitrogens with zero attached hydrogens (tertiary/aromatic N) is 1. The Labute approximate surface area is 441 Å². The van der Waals surface area contributed by atoms with E-state index in [-0.39, 0.29) is 36.6 Å². The summed E-state index contributed by atoms with van der Waals surface area (Å²) in [6.45, 7) is 39.6. The fourth-order valence-electron chi connectivity index (χ4n) is 8.33. The first kappa shape index (κ1) is 60.0. The zero-order valence-electron chi connectivity index (χ0n) is 48.8. The highest BCUT2D eigenvalue weighted by atomic mass is 19.1. The van der Waals surface area contributed by atoms with Gasteiger partial charge in [0.15, 0.2) is 0 Å². The van der Waals surface area contributed by atoms with Crippen LogP contribution in [0.2, 0.25) is 0 Å². The summed E-state index contributed by atoms with van der Waals surface area (Å²) in [5, 5.41) is 0. The molecule has 0 bridgehead atoms. The van der Waals surface area contributed by atoms with Crippen LogP contribution in [0, 0.1) is 24.4 Å². The third kappa shape index (κ3) is 11.2. The first-order valence-electron chi connectivity index (χ1n) is 25.5. The SMILES string of the molecule is CC1(C)OB(c2c(F)c(B3OC(C)(C)C(C)(C)O3)c(F)c(B3OC(C)(C)C(C)(C)O3)c2F)OC1(C)C.COc1cc(B2OC(C)(C)C(C)(C)O2)cc(N(C)C)c1.COc1cc(C)cc(B2OC(C)(C)C(C)(C)O2)c1. The van der Waals surface area contributed by atoms with Crippen LogP contribution >= 0.6 is 0 Å².